The van der Waals surface area contributed by atoms with Gasteiger partial charge in [-0.3, -0.25) is 0 Å². The van der Waals surface area contributed by atoms with Crippen molar-refractivity contribution in [3.05, 3.63) is 47.0 Å². The van der Waals surface area contributed by atoms with Crippen LogP contribution in [-0.2, 0) is 23.0 Å². The van der Waals surface area contributed by atoms with Gasteiger partial charge in [-0.1, -0.05) is 30.3 Å². The molecule has 0 spiro atoms. The average molecular weight is 325 g/mol. The first-order valence-electron chi connectivity index (χ1n) is 6.72. The van der Waals surface area contributed by atoms with Crippen LogP contribution in [0.1, 0.15) is 17.7 Å². The van der Waals surface area contributed by atoms with Crippen LogP contribution in [0.15, 0.2) is 35.7 Å². The van der Waals surface area contributed by atoms with Crippen LogP contribution < -0.4 is 10.0 Å². The number of anilines is 1. The lowest BCUT2D eigenvalue weighted by molar-refractivity contribution is 0.578. The summed E-state index contributed by atoms with van der Waals surface area (Å²) >= 11 is 1.46. The van der Waals surface area contributed by atoms with Gasteiger partial charge in [0, 0.05) is 12.4 Å². The zero-order valence-corrected chi connectivity index (χ0v) is 13.5. The third-order valence-electron chi connectivity index (χ3n) is 2.96. The van der Waals surface area contributed by atoms with E-state index in [2.05, 4.69) is 15.0 Å². The van der Waals surface area contributed by atoms with E-state index in [0.29, 0.717) is 6.42 Å². The molecule has 5 nitrogen and oxygen atoms in total. The first-order valence-corrected chi connectivity index (χ1v) is 9.26. The third kappa shape index (κ3) is 5.45. The van der Waals surface area contributed by atoms with Gasteiger partial charge in [0.1, 0.15) is 0 Å². The molecule has 0 saturated heterocycles. The van der Waals surface area contributed by atoms with Crippen LogP contribution in [0.2, 0.25) is 0 Å². The topological polar surface area (TPSA) is 71.1 Å². The molecule has 114 valence electrons. The molecule has 7 heteroatoms. The van der Waals surface area contributed by atoms with Crippen molar-refractivity contribution in [2.45, 2.75) is 19.4 Å². The average Bonchev–Trinajstić information content (AvgIpc) is 2.94. The molecule has 1 heterocycles. The summed E-state index contributed by atoms with van der Waals surface area (Å²) in [7, 11) is -1.47. The number of thiazole rings is 1. The normalized spacial score (nSPS) is 11.5. The molecule has 1 aromatic heterocycles. The highest BCUT2D eigenvalue weighted by molar-refractivity contribution is 7.89. The largest absolute Gasteiger partial charge is 0.365 e. The molecule has 0 saturated carbocycles. The first-order chi connectivity index (χ1) is 10.1. The Morgan fingerprint density at radius 1 is 1.24 bits per heavy atom. The molecule has 1 aromatic carbocycles. The Bertz CT molecular complexity index is 654. The molecule has 2 aromatic rings. The quantitative estimate of drug-likeness (QED) is 0.781. The van der Waals surface area contributed by atoms with Crippen LogP contribution in [0.25, 0.3) is 0 Å². The highest BCUT2D eigenvalue weighted by Gasteiger charge is 2.11. The number of rotatable bonds is 8. The Labute approximate surface area is 129 Å². The molecule has 0 atom stereocenters. The summed E-state index contributed by atoms with van der Waals surface area (Å²) < 4.78 is 26.4. The highest BCUT2D eigenvalue weighted by Crippen LogP contribution is 2.14. The summed E-state index contributed by atoms with van der Waals surface area (Å²) in [4.78, 5) is 4.24. The fourth-order valence-corrected chi connectivity index (χ4v) is 3.58. The smallest absolute Gasteiger partial charge is 0.211 e. The van der Waals surface area contributed by atoms with E-state index in [4.69, 9.17) is 0 Å². The number of hydrogen-bond acceptors (Lipinski definition) is 5. The zero-order valence-electron chi connectivity index (χ0n) is 11.9. The molecule has 0 bridgehead atoms. The van der Waals surface area contributed by atoms with Gasteiger partial charge in [-0.25, -0.2) is 18.1 Å². The van der Waals surface area contributed by atoms with Crippen molar-refractivity contribution < 1.29 is 8.42 Å². The van der Waals surface area contributed by atoms with Gasteiger partial charge in [-0.15, -0.1) is 11.3 Å². The molecular weight excluding hydrogens is 306 g/mol. The third-order valence-corrected chi connectivity index (χ3v) is 5.28. The van der Waals surface area contributed by atoms with Crippen molar-refractivity contribution in [3.8, 4) is 0 Å². The summed E-state index contributed by atoms with van der Waals surface area (Å²) in [5.41, 5.74) is 1.89. The second-order valence-electron chi connectivity index (χ2n) is 4.62. The second kappa shape index (κ2) is 7.53. The molecule has 0 aliphatic carbocycles. The van der Waals surface area contributed by atoms with E-state index in [-0.39, 0.29) is 12.3 Å². The molecule has 0 aliphatic rings. The number of aryl methyl sites for hydroxylation is 1. The van der Waals surface area contributed by atoms with Gasteiger partial charge in [0.25, 0.3) is 0 Å². The fraction of sp³-hybridized carbons (Fsp3) is 0.357. The Morgan fingerprint density at radius 2 is 2.00 bits per heavy atom. The fourth-order valence-electron chi connectivity index (χ4n) is 1.87. The Kier molecular flexibility index (Phi) is 5.72. The molecule has 0 fully saturated rings. The van der Waals surface area contributed by atoms with Gasteiger partial charge in [0.15, 0.2) is 5.13 Å². The van der Waals surface area contributed by atoms with Gasteiger partial charge in [0.05, 0.1) is 18.0 Å². The second-order valence-corrected chi connectivity index (χ2v) is 7.41. The summed E-state index contributed by atoms with van der Waals surface area (Å²) in [5, 5.41) is 5.56. The maximum absolute atomic E-state index is 11.9. The van der Waals surface area contributed by atoms with Crippen molar-refractivity contribution in [1.29, 1.82) is 0 Å². The molecular formula is C14H19N3O2S2. The zero-order chi connectivity index (χ0) is 15.1. The summed E-state index contributed by atoms with van der Waals surface area (Å²) in [5.74, 6) is 0.130. The van der Waals surface area contributed by atoms with Crippen molar-refractivity contribution in [2.75, 3.05) is 18.1 Å². The molecule has 0 amide bonds. The lowest BCUT2D eigenvalue weighted by Gasteiger charge is -2.05. The summed E-state index contributed by atoms with van der Waals surface area (Å²) in [6, 6.07) is 9.89. The maximum atomic E-state index is 11.9. The van der Waals surface area contributed by atoms with Gasteiger partial charge >= 0.3 is 0 Å². The van der Waals surface area contributed by atoms with Crippen LogP contribution in [0.5, 0.6) is 0 Å². The van der Waals surface area contributed by atoms with Crippen molar-refractivity contribution in [1.82, 2.24) is 9.71 Å². The van der Waals surface area contributed by atoms with Crippen LogP contribution in [0.4, 0.5) is 5.13 Å². The lowest BCUT2D eigenvalue weighted by atomic mass is 10.1. The van der Waals surface area contributed by atoms with Gasteiger partial charge in [-0.2, -0.15) is 0 Å². The predicted molar refractivity (Wildman–Crippen MR) is 87.1 cm³/mol. The molecule has 0 unspecified atom stereocenters. The SMILES string of the molecule is CNc1nc(CNS(=O)(=O)CCCc2ccccc2)cs1. The first kappa shape index (κ1) is 15.9. The number of nitrogens with zero attached hydrogens (tertiary/aromatic N) is 1. The van der Waals surface area contributed by atoms with Gasteiger partial charge in [0.2, 0.25) is 10.0 Å². The Morgan fingerprint density at radius 3 is 2.67 bits per heavy atom. The standard InChI is InChI=1S/C14H19N3O2S2/c1-15-14-17-13(11-20-14)10-16-21(18,19)9-5-8-12-6-3-2-4-7-12/h2-4,6-7,11,16H,5,8-10H2,1H3,(H,15,17). The number of hydrogen-bond donors (Lipinski definition) is 2. The highest BCUT2D eigenvalue weighted by atomic mass is 32.2. The van der Waals surface area contributed by atoms with Crippen molar-refractivity contribution in [3.63, 3.8) is 0 Å². The minimum absolute atomic E-state index is 0.130. The van der Waals surface area contributed by atoms with Gasteiger partial charge < -0.3 is 5.32 Å². The Hall–Kier alpha value is -1.44. The number of sulfonamides is 1. The van der Waals surface area contributed by atoms with Crippen LogP contribution in [0.3, 0.4) is 0 Å². The van der Waals surface area contributed by atoms with Crippen LogP contribution in [-0.4, -0.2) is 26.2 Å². The number of nitrogens with one attached hydrogen (secondary N) is 2. The van der Waals surface area contributed by atoms with E-state index in [9.17, 15) is 8.42 Å². The predicted octanol–water partition coefficient (Wildman–Crippen LogP) is 2.24. The van der Waals surface area contributed by atoms with E-state index < -0.39 is 10.0 Å². The molecule has 0 radical (unpaired) electrons. The Balaban J connectivity index is 1.76. The van der Waals surface area contributed by atoms with Crippen molar-refractivity contribution >= 4 is 26.5 Å². The lowest BCUT2D eigenvalue weighted by Crippen LogP contribution is -2.26. The minimum atomic E-state index is -3.25. The molecule has 0 aliphatic heterocycles. The van der Waals surface area contributed by atoms with Gasteiger partial charge in [-0.05, 0) is 18.4 Å². The summed E-state index contributed by atoms with van der Waals surface area (Å²) in [6.07, 6.45) is 1.38. The van der Waals surface area contributed by atoms with Crippen molar-refractivity contribution in [2.24, 2.45) is 0 Å². The maximum Gasteiger partial charge on any atom is 0.211 e. The van der Waals surface area contributed by atoms with E-state index in [1.54, 1.807) is 7.05 Å². The van der Waals surface area contributed by atoms with E-state index in [0.717, 1.165) is 22.8 Å². The molecule has 21 heavy (non-hydrogen) atoms. The number of aromatic nitrogens is 1. The number of benzene rings is 1. The van der Waals surface area contributed by atoms with Crippen LogP contribution in [0, 0.1) is 0 Å². The molecule has 2 N–H and O–H groups in total. The summed E-state index contributed by atoms with van der Waals surface area (Å²) in [6.45, 7) is 0.242. The van der Waals surface area contributed by atoms with E-state index in [1.165, 1.54) is 11.3 Å². The minimum Gasteiger partial charge on any atom is -0.365 e. The molecule has 2 rings (SSSR count). The monoisotopic (exact) mass is 325 g/mol. The van der Waals surface area contributed by atoms with Crippen LogP contribution >= 0.6 is 11.3 Å². The van der Waals surface area contributed by atoms with E-state index >= 15 is 0 Å². The van der Waals surface area contributed by atoms with E-state index in [1.807, 2.05) is 35.7 Å².